The van der Waals surface area contributed by atoms with E-state index >= 15 is 0 Å². The minimum absolute atomic E-state index is 0.00822. The van der Waals surface area contributed by atoms with Gasteiger partial charge in [0.1, 0.15) is 10.0 Å². The van der Waals surface area contributed by atoms with E-state index < -0.39 is 27.9 Å². The number of imide groups is 1. The van der Waals surface area contributed by atoms with Gasteiger partial charge in [-0.2, -0.15) is 0 Å². The normalized spacial score (nSPS) is 16.1. The van der Waals surface area contributed by atoms with Crippen LogP contribution in [0.15, 0.2) is 58.3 Å². The summed E-state index contributed by atoms with van der Waals surface area (Å²) < 4.78 is 26.3. The van der Waals surface area contributed by atoms with Gasteiger partial charge >= 0.3 is 6.03 Å². The van der Waals surface area contributed by atoms with Gasteiger partial charge in [0.25, 0.3) is 15.9 Å². The molecule has 1 fully saturated rings. The van der Waals surface area contributed by atoms with Crippen molar-refractivity contribution in [2.24, 2.45) is 0 Å². The third kappa shape index (κ3) is 6.27. The molecule has 0 unspecified atom stereocenters. The number of carbonyl (C=O) groups excluding carboxylic acids is 3. The quantitative estimate of drug-likeness (QED) is 0.352. The Hall–Kier alpha value is -3.81. The molecular formula is C26H28N6O5S2. The number of urea groups is 1. The van der Waals surface area contributed by atoms with E-state index in [1.807, 2.05) is 16.9 Å². The van der Waals surface area contributed by atoms with Gasteiger partial charge in [0.2, 0.25) is 5.91 Å². The molecule has 3 N–H and O–H groups in total. The minimum atomic E-state index is -3.99. The second-order valence-electron chi connectivity index (χ2n) is 9.31. The number of likely N-dealkylation sites (tertiary alicyclic amines) is 1. The number of benzene rings is 1. The van der Waals surface area contributed by atoms with E-state index in [9.17, 15) is 22.8 Å². The summed E-state index contributed by atoms with van der Waals surface area (Å²) in [5, 5.41) is 7.37. The number of sulfonamides is 1. The van der Waals surface area contributed by atoms with Crippen LogP contribution in [0.4, 0.5) is 22.0 Å². The van der Waals surface area contributed by atoms with Crippen molar-refractivity contribution in [3.05, 3.63) is 65.2 Å². The summed E-state index contributed by atoms with van der Waals surface area (Å²) in [6.07, 6.45) is 5.07. The van der Waals surface area contributed by atoms with Gasteiger partial charge in [-0.3, -0.25) is 9.59 Å². The molecule has 0 bridgehead atoms. The summed E-state index contributed by atoms with van der Waals surface area (Å²) in [6.45, 7) is 3.99. The molecule has 11 nitrogen and oxygen atoms in total. The molecule has 204 valence electrons. The molecule has 4 amide bonds. The highest BCUT2D eigenvalue weighted by atomic mass is 32.2. The molecule has 0 spiro atoms. The molecule has 13 heteroatoms. The third-order valence-electron chi connectivity index (χ3n) is 6.56. The highest BCUT2D eigenvalue weighted by molar-refractivity contribution is 7.92. The highest BCUT2D eigenvalue weighted by Crippen LogP contribution is 2.27. The highest BCUT2D eigenvalue weighted by Gasteiger charge is 2.33. The van der Waals surface area contributed by atoms with Crippen molar-refractivity contribution >= 4 is 56.4 Å². The lowest BCUT2D eigenvalue weighted by Crippen LogP contribution is -2.43. The van der Waals surface area contributed by atoms with Crippen LogP contribution < -0.4 is 20.3 Å². The largest absolute Gasteiger partial charge is 0.384 e. The van der Waals surface area contributed by atoms with Gasteiger partial charge in [0.15, 0.2) is 0 Å². The van der Waals surface area contributed by atoms with Crippen LogP contribution in [0.2, 0.25) is 0 Å². The number of piperidine rings is 1. The van der Waals surface area contributed by atoms with Crippen LogP contribution >= 0.6 is 11.3 Å². The molecule has 4 heterocycles. The van der Waals surface area contributed by atoms with E-state index in [1.54, 1.807) is 17.5 Å². The zero-order valence-electron chi connectivity index (χ0n) is 21.1. The zero-order valence-corrected chi connectivity index (χ0v) is 22.7. The maximum atomic E-state index is 13.2. The molecule has 1 aromatic carbocycles. The first-order valence-electron chi connectivity index (χ1n) is 12.6. The Morgan fingerprint density at radius 3 is 2.54 bits per heavy atom. The predicted octanol–water partition coefficient (Wildman–Crippen LogP) is 3.28. The van der Waals surface area contributed by atoms with Crippen molar-refractivity contribution in [1.82, 2.24) is 14.6 Å². The number of carbonyl (C=O) groups is 3. The van der Waals surface area contributed by atoms with Crippen molar-refractivity contribution in [1.29, 1.82) is 0 Å². The molecule has 2 aromatic heterocycles. The van der Waals surface area contributed by atoms with E-state index in [2.05, 4.69) is 20.5 Å². The molecule has 1 saturated heterocycles. The van der Waals surface area contributed by atoms with Crippen LogP contribution in [0.5, 0.6) is 0 Å². The molecule has 2 aliphatic heterocycles. The number of nitrogens with zero attached hydrogens (tertiary/aromatic N) is 3. The lowest BCUT2D eigenvalue weighted by Gasteiger charge is -2.27. The molecule has 0 atom stereocenters. The van der Waals surface area contributed by atoms with Crippen molar-refractivity contribution in [2.45, 2.75) is 29.9 Å². The average molecular weight is 569 g/mol. The van der Waals surface area contributed by atoms with Crippen LogP contribution in [0.3, 0.4) is 0 Å². The summed E-state index contributed by atoms with van der Waals surface area (Å²) in [7, 11) is -3.99. The van der Waals surface area contributed by atoms with Crippen LogP contribution in [0.1, 0.15) is 35.2 Å². The Balaban J connectivity index is 1.20. The molecule has 0 radical (unpaired) electrons. The minimum Gasteiger partial charge on any atom is -0.384 e. The van der Waals surface area contributed by atoms with Crippen LogP contribution in [-0.4, -0.2) is 62.3 Å². The number of anilines is 3. The van der Waals surface area contributed by atoms with Gasteiger partial charge in [-0.1, -0.05) is 12.5 Å². The Labute approximate surface area is 230 Å². The van der Waals surface area contributed by atoms with Crippen molar-refractivity contribution in [3.63, 3.8) is 0 Å². The van der Waals surface area contributed by atoms with E-state index in [0.717, 1.165) is 48.1 Å². The monoisotopic (exact) mass is 568 g/mol. The molecular weight excluding hydrogens is 540 g/mol. The fourth-order valence-electron chi connectivity index (χ4n) is 4.65. The Morgan fingerprint density at radius 1 is 1.03 bits per heavy atom. The van der Waals surface area contributed by atoms with E-state index in [1.165, 1.54) is 43.7 Å². The lowest BCUT2D eigenvalue weighted by molar-refractivity contribution is -0.117. The van der Waals surface area contributed by atoms with E-state index in [0.29, 0.717) is 11.1 Å². The Morgan fingerprint density at radius 2 is 1.82 bits per heavy atom. The first kappa shape index (κ1) is 26.8. The van der Waals surface area contributed by atoms with E-state index in [-0.39, 0.29) is 22.1 Å². The number of thiophene rings is 1. The second-order valence-corrected chi connectivity index (χ2v) is 12.2. The first-order chi connectivity index (χ1) is 18.8. The van der Waals surface area contributed by atoms with Gasteiger partial charge in [-0.25, -0.2) is 27.8 Å². The fourth-order valence-corrected chi connectivity index (χ4v) is 6.55. The summed E-state index contributed by atoms with van der Waals surface area (Å²) in [5.41, 5.74) is 2.15. The topological polar surface area (TPSA) is 141 Å². The number of rotatable bonds is 8. The number of hydrogen-bond acceptors (Lipinski definition) is 9. The van der Waals surface area contributed by atoms with Gasteiger partial charge in [0.05, 0.1) is 18.3 Å². The number of fused-ring (bicyclic) bond motifs is 1. The first-order valence-corrected chi connectivity index (χ1v) is 15.0. The summed E-state index contributed by atoms with van der Waals surface area (Å²) in [4.78, 5) is 45.9. The number of pyridine rings is 1. The number of aromatic nitrogens is 1. The Bertz CT molecular complexity index is 1470. The van der Waals surface area contributed by atoms with Crippen LogP contribution in [-0.2, 0) is 21.2 Å². The maximum absolute atomic E-state index is 13.2. The standard InChI is InChI=1S/C26H28N6O5S2/c33-23-16-18-15-19(27-10-13-31-11-2-1-3-12-31)6-8-21(18)25(34)32(23)22-9-7-20(17-28-22)29-26(35)30-39(36,37)24-5-4-14-38-24/h4-9,14-15,17,27H,1-3,10-13,16H2,(H2,29,30,35). The molecule has 0 saturated carbocycles. The van der Waals surface area contributed by atoms with Crippen molar-refractivity contribution < 1.29 is 22.8 Å². The summed E-state index contributed by atoms with van der Waals surface area (Å²) >= 11 is 0.983. The second kappa shape index (κ2) is 11.5. The summed E-state index contributed by atoms with van der Waals surface area (Å²) in [5.74, 6) is -0.781. The number of amides is 4. The number of hydrogen-bond donors (Lipinski definition) is 3. The molecule has 3 aromatic rings. The van der Waals surface area contributed by atoms with Crippen molar-refractivity contribution in [3.8, 4) is 0 Å². The number of nitrogens with one attached hydrogen (secondary N) is 3. The van der Waals surface area contributed by atoms with Gasteiger partial charge in [-0.05, 0) is 73.3 Å². The van der Waals surface area contributed by atoms with Crippen LogP contribution in [0.25, 0.3) is 0 Å². The summed E-state index contributed by atoms with van der Waals surface area (Å²) in [6, 6.07) is 10.2. The SMILES string of the molecule is O=C(Nc1ccc(N2C(=O)Cc3cc(NCCN4CCCCC4)ccc3C2=O)nc1)NS(=O)(=O)c1cccs1. The molecule has 5 rings (SSSR count). The Kier molecular flexibility index (Phi) is 7.91. The van der Waals surface area contributed by atoms with Crippen LogP contribution in [0, 0.1) is 0 Å². The zero-order chi connectivity index (χ0) is 27.4. The third-order valence-corrected chi connectivity index (χ3v) is 9.29. The van der Waals surface area contributed by atoms with Gasteiger partial charge in [-0.15, -0.1) is 11.3 Å². The predicted molar refractivity (Wildman–Crippen MR) is 149 cm³/mol. The molecule has 0 aliphatic carbocycles. The van der Waals surface area contributed by atoms with Gasteiger partial charge in [0, 0.05) is 24.3 Å². The smallest absolute Gasteiger partial charge is 0.333 e. The average Bonchev–Trinajstić information content (AvgIpc) is 3.46. The fraction of sp³-hybridized carbons (Fsp3) is 0.308. The molecule has 2 aliphatic rings. The van der Waals surface area contributed by atoms with Gasteiger partial charge < -0.3 is 15.5 Å². The maximum Gasteiger partial charge on any atom is 0.333 e. The van der Waals surface area contributed by atoms with Crippen molar-refractivity contribution in [2.75, 3.05) is 41.7 Å². The lowest BCUT2D eigenvalue weighted by atomic mass is 9.97. The van der Waals surface area contributed by atoms with E-state index in [4.69, 9.17) is 0 Å². The molecule has 39 heavy (non-hydrogen) atoms.